The summed E-state index contributed by atoms with van der Waals surface area (Å²) < 4.78 is 0. The van der Waals surface area contributed by atoms with Crippen molar-refractivity contribution in [2.75, 3.05) is 10.6 Å². The van der Waals surface area contributed by atoms with Crippen LogP contribution in [0.1, 0.15) is 32.9 Å². The second kappa shape index (κ2) is 7.35. The van der Waals surface area contributed by atoms with Crippen molar-refractivity contribution < 1.29 is 4.79 Å². The summed E-state index contributed by atoms with van der Waals surface area (Å²) in [4.78, 5) is 21.1. The molecular formula is C21H22N4O. The van der Waals surface area contributed by atoms with Gasteiger partial charge in [-0.15, -0.1) is 0 Å². The van der Waals surface area contributed by atoms with Crippen LogP contribution in [0.2, 0.25) is 0 Å². The average Bonchev–Trinajstić information content (AvgIpc) is 2.58. The third kappa shape index (κ3) is 4.25. The van der Waals surface area contributed by atoms with Gasteiger partial charge in [0.1, 0.15) is 0 Å². The Hall–Kier alpha value is -3.21. The van der Waals surface area contributed by atoms with E-state index in [1.54, 1.807) is 0 Å². The Bertz CT molecular complexity index is 928. The summed E-state index contributed by atoms with van der Waals surface area (Å²) in [7, 11) is 0. The molecule has 2 N–H and O–H groups in total. The molecule has 1 heterocycles. The van der Waals surface area contributed by atoms with Crippen molar-refractivity contribution in [3.05, 3.63) is 76.6 Å². The number of amides is 1. The van der Waals surface area contributed by atoms with E-state index in [-0.39, 0.29) is 5.91 Å². The summed E-state index contributed by atoms with van der Waals surface area (Å²) in [5.41, 5.74) is 6.35. The lowest BCUT2D eigenvalue weighted by Gasteiger charge is -2.09. The van der Waals surface area contributed by atoms with Crippen LogP contribution in [-0.4, -0.2) is 15.9 Å². The van der Waals surface area contributed by atoms with Crippen LogP contribution in [0.3, 0.4) is 0 Å². The summed E-state index contributed by atoms with van der Waals surface area (Å²) >= 11 is 0. The molecule has 132 valence electrons. The van der Waals surface area contributed by atoms with Crippen molar-refractivity contribution in [1.82, 2.24) is 9.97 Å². The zero-order chi connectivity index (χ0) is 18.7. The zero-order valence-corrected chi connectivity index (χ0v) is 15.4. The second-order valence-corrected chi connectivity index (χ2v) is 6.43. The van der Waals surface area contributed by atoms with Crippen LogP contribution in [0.15, 0.2) is 48.5 Å². The number of hydrogen-bond donors (Lipinski definition) is 2. The standard InChI is InChI=1S/C21H22N4O/c1-13-5-6-17(11-14(13)2)20(26)24-18-7-9-19(10-8-18)25-21-22-15(3)12-16(4)23-21/h5-12H,1-4H3,(H,24,26)(H,22,23,25). The smallest absolute Gasteiger partial charge is 0.255 e. The SMILES string of the molecule is Cc1cc(C)nc(Nc2ccc(NC(=O)c3ccc(C)c(C)c3)cc2)n1. The molecule has 0 aliphatic heterocycles. The fourth-order valence-electron chi connectivity index (χ4n) is 2.63. The zero-order valence-electron chi connectivity index (χ0n) is 15.4. The van der Waals surface area contributed by atoms with E-state index in [1.807, 2.05) is 76.2 Å². The number of nitrogens with zero attached hydrogens (tertiary/aromatic N) is 2. The van der Waals surface area contributed by atoms with Gasteiger partial charge in [0.25, 0.3) is 5.91 Å². The third-order valence-corrected chi connectivity index (χ3v) is 4.15. The minimum Gasteiger partial charge on any atom is -0.324 e. The second-order valence-electron chi connectivity index (χ2n) is 6.43. The molecule has 3 aromatic rings. The van der Waals surface area contributed by atoms with Crippen LogP contribution < -0.4 is 10.6 Å². The van der Waals surface area contributed by atoms with Gasteiger partial charge in [-0.05, 0) is 81.3 Å². The molecule has 0 bridgehead atoms. The van der Waals surface area contributed by atoms with E-state index in [0.29, 0.717) is 11.5 Å². The largest absolute Gasteiger partial charge is 0.324 e. The number of rotatable bonds is 4. The first-order valence-corrected chi connectivity index (χ1v) is 8.49. The lowest BCUT2D eigenvalue weighted by atomic mass is 10.1. The van der Waals surface area contributed by atoms with Gasteiger partial charge >= 0.3 is 0 Å². The minimum absolute atomic E-state index is 0.119. The van der Waals surface area contributed by atoms with E-state index >= 15 is 0 Å². The summed E-state index contributed by atoms with van der Waals surface area (Å²) in [5.74, 6) is 0.445. The molecule has 0 spiro atoms. The molecular weight excluding hydrogens is 324 g/mol. The number of hydrogen-bond acceptors (Lipinski definition) is 4. The quantitative estimate of drug-likeness (QED) is 0.718. The van der Waals surface area contributed by atoms with Crippen LogP contribution in [0.25, 0.3) is 0 Å². The molecule has 0 aliphatic rings. The molecule has 5 heteroatoms. The van der Waals surface area contributed by atoms with Crippen LogP contribution in [0, 0.1) is 27.7 Å². The van der Waals surface area contributed by atoms with Gasteiger partial charge in [-0.25, -0.2) is 9.97 Å². The minimum atomic E-state index is -0.119. The number of anilines is 3. The van der Waals surface area contributed by atoms with Gasteiger partial charge in [0.15, 0.2) is 0 Å². The Morgan fingerprint density at radius 2 is 1.38 bits per heavy atom. The predicted octanol–water partition coefficient (Wildman–Crippen LogP) is 4.71. The van der Waals surface area contributed by atoms with Crippen molar-refractivity contribution in [2.24, 2.45) is 0 Å². The number of carbonyl (C=O) groups is 1. The normalized spacial score (nSPS) is 10.5. The topological polar surface area (TPSA) is 66.9 Å². The Labute approximate surface area is 153 Å². The fourth-order valence-corrected chi connectivity index (χ4v) is 2.63. The number of aromatic nitrogens is 2. The molecule has 5 nitrogen and oxygen atoms in total. The average molecular weight is 346 g/mol. The van der Waals surface area contributed by atoms with Crippen molar-refractivity contribution in [1.29, 1.82) is 0 Å². The maximum Gasteiger partial charge on any atom is 0.255 e. The highest BCUT2D eigenvalue weighted by Crippen LogP contribution is 2.18. The number of carbonyl (C=O) groups excluding carboxylic acids is 1. The van der Waals surface area contributed by atoms with E-state index in [0.717, 1.165) is 28.3 Å². The summed E-state index contributed by atoms with van der Waals surface area (Å²) in [6.45, 7) is 7.90. The monoisotopic (exact) mass is 346 g/mol. The molecule has 0 unspecified atom stereocenters. The Morgan fingerprint density at radius 3 is 2.00 bits per heavy atom. The third-order valence-electron chi connectivity index (χ3n) is 4.15. The first-order valence-electron chi connectivity index (χ1n) is 8.49. The Morgan fingerprint density at radius 1 is 0.769 bits per heavy atom. The fraction of sp³-hybridized carbons (Fsp3) is 0.190. The van der Waals surface area contributed by atoms with Crippen molar-refractivity contribution in [3.8, 4) is 0 Å². The summed E-state index contributed by atoms with van der Waals surface area (Å²) in [6, 6.07) is 15.1. The highest BCUT2D eigenvalue weighted by atomic mass is 16.1. The van der Waals surface area contributed by atoms with E-state index in [4.69, 9.17) is 0 Å². The molecule has 0 fully saturated rings. The van der Waals surface area contributed by atoms with E-state index in [2.05, 4.69) is 20.6 Å². The maximum absolute atomic E-state index is 12.4. The van der Waals surface area contributed by atoms with E-state index < -0.39 is 0 Å². The Balaban J connectivity index is 1.69. The number of nitrogens with one attached hydrogen (secondary N) is 2. The predicted molar refractivity (Wildman–Crippen MR) is 105 cm³/mol. The number of aryl methyl sites for hydroxylation is 4. The van der Waals surface area contributed by atoms with Crippen LogP contribution in [-0.2, 0) is 0 Å². The van der Waals surface area contributed by atoms with E-state index in [1.165, 1.54) is 5.56 Å². The lowest BCUT2D eigenvalue weighted by Crippen LogP contribution is -2.12. The molecule has 0 aliphatic carbocycles. The molecule has 1 amide bonds. The molecule has 1 aromatic heterocycles. The Kier molecular flexibility index (Phi) is 4.98. The number of benzene rings is 2. The van der Waals surface area contributed by atoms with Crippen molar-refractivity contribution in [3.63, 3.8) is 0 Å². The van der Waals surface area contributed by atoms with Crippen molar-refractivity contribution in [2.45, 2.75) is 27.7 Å². The molecule has 0 radical (unpaired) electrons. The lowest BCUT2D eigenvalue weighted by molar-refractivity contribution is 0.102. The van der Waals surface area contributed by atoms with Gasteiger partial charge in [-0.3, -0.25) is 4.79 Å². The molecule has 3 rings (SSSR count). The molecule has 26 heavy (non-hydrogen) atoms. The molecule has 0 saturated heterocycles. The highest BCUT2D eigenvalue weighted by molar-refractivity contribution is 6.04. The molecule has 0 saturated carbocycles. The maximum atomic E-state index is 12.4. The summed E-state index contributed by atoms with van der Waals surface area (Å²) in [6.07, 6.45) is 0. The van der Waals surface area contributed by atoms with Crippen LogP contribution in [0.4, 0.5) is 17.3 Å². The first-order chi connectivity index (χ1) is 12.4. The van der Waals surface area contributed by atoms with Gasteiger partial charge in [-0.1, -0.05) is 6.07 Å². The van der Waals surface area contributed by atoms with Crippen LogP contribution in [0.5, 0.6) is 0 Å². The summed E-state index contributed by atoms with van der Waals surface area (Å²) in [5, 5.41) is 6.09. The van der Waals surface area contributed by atoms with Gasteiger partial charge in [0, 0.05) is 28.3 Å². The van der Waals surface area contributed by atoms with Crippen molar-refractivity contribution >= 4 is 23.2 Å². The molecule has 0 atom stereocenters. The van der Waals surface area contributed by atoms with Gasteiger partial charge in [0.2, 0.25) is 5.95 Å². The van der Waals surface area contributed by atoms with Crippen LogP contribution >= 0.6 is 0 Å². The van der Waals surface area contributed by atoms with Gasteiger partial charge in [-0.2, -0.15) is 0 Å². The highest BCUT2D eigenvalue weighted by Gasteiger charge is 2.07. The van der Waals surface area contributed by atoms with Gasteiger partial charge < -0.3 is 10.6 Å². The molecule has 2 aromatic carbocycles. The van der Waals surface area contributed by atoms with E-state index in [9.17, 15) is 4.79 Å². The first kappa shape index (κ1) is 17.6. The van der Waals surface area contributed by atoms with Gasteiger partial charge in [0.05, 0.1) is 0 Å².